The number of ether oxygens (including phenoxy) is 3. The van der Waals surface area contributed by atoms with Gasteiger partial charge < -0.3 is 28.8 Å². The molecule has 9 nitrogen and oxygen atoms in total. The molecule has 9 heteroatoms. The number of epoxide rings is 1. The lowest BCUT2D eigenvalue weighted by Gasteiger charge is -2.31. The topological polar surface area (TPSA) is 132 Å². The molecule has 0 aromatic carbocycles. The highest BCUT2D eigenvalue weighted by atomic mass is 16.6. The number of rotatable bonds is 6. The summed E-state index contributed by atoms with van der Waals surface area (Å²) in [5.74, 6) is -0.667. The number of oxazole rings is 1. The fourth-order valence-corrected chi connectivity index (χ4v) is 5.72. The van der Waals surface area contributed by atoms with Gasteiger partial charge >= 0.3 is 11.9 Å². The normalized spacial score (nSPS) is 35.4. The molecule has 1 aromatic heterocycles. The number of esters is 2. The predicted molar refractivity (Wildman–Crippen MR) is 161 cm³/mol. The van der Waals surface area contributed by atoms with E-state index in [9.17, 15) is 19.8 Å². The van der Waals surface area contributed by atoms with Gasteiger partial charge in [-0.3, -0.25) is 4.79 Å². The number of carbonyl (C=O) groups is 2. The molecule has 0 amide bonds. The van der Waals surface area contributed by atoms with Crippen LogP contribution in [0.15, 0.2) is 64.4 Å². The summed E-state index contributed by atoms with van der Waals surface area (Å²) in [5.41, 5.74) is 1.51. The molecule has 4 heterocycles. The molecular weight excluding hydrogens is 550 g/mol. The summed E-state index contributed by atoms with van der Waals surface area (Å²) in [4.78, 5) is 29.4. The first-order valence-electron chi connectivity index (χ1n) is 15.1. The van der Waals surface area contributed by atoms with Crippen LogP contribution < -0.4 is 0 Å². The lowest BCUT2D eigenvalue weighted by molar-refractivity contribution is -0.158. The van der Waals surface area contributed by atoms with E-state index in [0.717, 1.165) is 11.3 Å². The van der Waals surface area contributed by atoms with Gasteiger partial charge in [-0.05, 0) is 56.8 Å². The van der Waals surface area contributed by atoms with Gasteiger partial charge in [0.25, 0.3) is 0 Å². The van der Waals surface area contributed by atoms with Gasteiger partial charge in [-0.1, -0.05) is 50.3 Å². The van der Waals surface area contributed by atoms with E-state index >= 15 is 0 Å². The van der Waals surface area contributed by atoms with Crippen molar-refractivity contribution in [2.45, 2.75) is 103 Å². The molecule has 2 fully saturated rings. The Balaban J connectivity index is 1.49. The number of allylic oxidation sites excluding steroid dienone is 5. The minimum absolute atomic E-state index is 0.0169. The van der Waals surface area contributed by atoms with Gasteiger partial charge in [0.15, 0.2) is 5.89 Å². The number of aromatic nitrogens is 1. The second kappa shape index (κ2) is 14.0. The molecule has 3 aliphatic rings. The lowest BCUT2D eigenvalue weighted by atomic mass is 9.85. The smallest absolute Gasteiger partial charge is 0.330 e. The molecule has 0 spiro atoms. The lowest BCUT2D eigenvalue weighted by Crippen LogP contribution is -2.40. The quantitative estimate of drug-likeness (QED) is 0.198. The third-order valence-electron chi connectivity index (χ3n) is 8.76. The first kappa shape index (κ1) is 32.6. The molecule has 43 heavy (non-hydrogen) atoms. The summed E-state index contributed by atoms with van der Waals surface area (Å²) in [7, 11) is 0. The second-order valence-corrected chi connectivity index (χ2v) is 12.4. The van der Waals surface area contributed by atoms with Crippen molar-refractivity contribution < 1.29 is 38.4 Å². The molecule has 0 radical (unpaired) electrons. The van der Waals surface area contributed by atoms with E-state index in [1.54, 1.807) is 26.2 Å². The van der Waals surface area contributed by atoms with Gasteiger partial charge in [0.05, 0.1) is 12.2 Å². The number of carbonyl (C=O) groups excluding carboxylic acids is 2. The van der Waals surface area contributed by atoms with E-state index in [1.165, 1.54) is 6.08 Å². The van der Waals surface area contributed by atoms with Crippen molar-refractivity contribution in [2.24, 2.45) is 17.8 Å². The Morgan fingerprint density at radius 3 is 2.67 bits per heavy atom. The fourth-order valence-electron chi connectivity index (χ4n) is 5.72. The van der Waals surface area contributed by atoms with E-state index in [1.807, 2.05) is 64.2 Å². The molecule has 3 aliphatic heterocycles. The largest absolute Gasteiger partial charge is 0.462 e. The van der Waals surface area contributed by atoms with Crippen LogP contribution in [-0.2, 0) is 23.8 Å². The van der Waals surface area contributed by atoms with Crippen molar-refractivity contribution in [3.8, 4) is 0 Å². The zero-order valence-corrected chi connectivity index (χ0v) is 25.9. The summed E-state index contributed by atoms with van der Waals surface area (Å²) in [5, 5.41) is 22.4. The van der Waals surface area contributed by atoms with Gasteiger partial charge in [-0.2, -0.15) is 0 Å². The Hall–Kier alpha value is -3.27. The van der Waals surface area contributed by atoms with Crippen molar-refractivity contribution in [1.29, 1.82) is 0 Å². The van der Waals surface area contributed by atoms with Crippen molar-refractivity contribution in [3.63, 3.8) is 0 Å². The zero-order valence-electron chi connectivity index (χ0n) is 25.9. The number of hydrogen-bond donors (Lipinski definition) is 2. The van der Waals surface area contributed by atoms with Crippen LogP contribution in [0.2, 0.25) is 0 Å². The summed E-state index contributed by atoms with van der Waals surface area (Å²) >= 11 is 0. The minimum Gasteiger partial charge on any atom is -0.462 e. The van der Waals surface area contributed by atoms with Crippen LogP contribution in [0.5, 0.6) is 0 Å². The highest BCUT2D eigenvalue weighted by Gasteiger charge is 2.57. The molecule has 9 atom stereocenters. The van der Waals surface area contributed by atoms with Crippen LogP contribution in [0.4, 0.5) is 0 Å². The van der Waals surface area contributed by atoms with Crippen LogP contribution in [0, 0.1) is 24.7 Å². The standard InChI is InChI=1S/C34H45NO8/c1-20(15-26-19-40-24(5)35-26)9-7-10-22(3)33(39)23(4)28-18-29(36)34(6)30(43-34)14-13-21(2)27-16-25(17-32(38)41-27)11-8-12-31(37)42-28/h7-10,12-15,19,21,23,25,27-30,33,36,39H,11,16-18H2,1-6H3/b9-7+,12-8+,14-13+,20-15+,22-10+/t21-,23+,25-,27-,28+,29+,30-,33+,34-/m1/s1. The highest BCUT2D eigenvalue weighted by molar-refractivity contribution is 5.82. The SMILES string of the molecule is CC(/C=C/C=C(\C)[C@H](O)[C@@H](C)[C@@H]1C[C@H](O)[C@@]2(C)O[C@@H]2/C=C/[C@@H](C)[C@H]2C[C@@H](C/C=C/C(=O)O1)CC(=O)O2)=C\c1coc(C)n1. The van der Waals surface area contributed by atoms with Crippen molar-refractivity contribution in [2.75, 3.05) is 0 Å². The van der Waals surface area contributed by atoms with E-state index in [0.29, 0.717) is 30.7 Å². The van der Waals surface area contributed by atoms with Crippen molar-refractivity contribution >= 4 is 18.0 Å². The fraction of sp³-hybridized carbons (Fsp3) is 0.559. The third-order valence-corrected chi connectivity index (χ3v) is 8.76. The Labute approximate surface area is 254 Å². The summed E-state index contributed by atoms with van der Waals surface area (Å²) < 4.78 is 22.6. The number of hydrogen-bond acceptors (Lipinski definition) is 9. The monoisotopic (exact) mass is 595 g/mol. The zero-order chi connectivity index (χ0) is 31.3. The van der Waals surface area contributed by atoms with Crippen LogP contribution >= 0.6 is 0 Å². The van der Waals surface area contributed by atoms with Gasteiger partial charge in [0.1, 0.15) is 35.9 Å². The molecule has 0 unspecified atom stereocenters. The van der Waals surface area contributed by atoms with Crippen LogP contribution in [0.1, 0.15) is 71.9 Å². The summed E-state index contributed by atoms with van der Waals surface area (Å²) in [6.07, 6.45) is 14.5. The predicted octanol–water partition coefficient (Wildman–Crippen LogP) is 5.18. The molecule has 2 N–H and O–H groups in total. The van der Waals surface area contributed by atoms with Crippen LogP contribution in [0.3, 0.4) is 0 Å². The first-order valence-corrected chi connectivity index (χ1v) is 15.1. The number of nitrogens with zero attached hydrogens (tertiary/aromatic N) is 1. The van der Waals surface area contributed by atoms with Crippen molar-refractivity contribution in [3.05, 3.63) is 71.5 Å². The maximum absolute atomic E-state index is 12.9. The average molecular weight is 596 g/mol. The van der Waals surface area contributed by atoms with E-state index in [2.05, 4.69) is 4.98 Å². The molecule has 4 rings (SSSR count). The number of aryl methyl sites for hydroxylation is 1. The van der Waals surface area contributed by atoms with Gasteiger partial charge in [-0.15, -0.1) is 0 Å². The minimum atomic E-state index is -0.948. The van der Waals surface area contributed by atoms with Gasteiger partial charge in [0, 0.05) is 37.7 Å². The Morgan fingerprint density at radius 2 is 1.95 bits per heavy atom. The second-order valence-electron chi connectivity index (χ2n) is 12.4. The molecule has 0 saturated carbocycles. The molecule has 2 saturated heterocycles. The summed E-state index contributed by atoms with van der Waals surface area (Å²) in [6.45, 7) is 11.2. The van der Waals surface area contributed by atoms with E-state index in [-0.39, 0.29) is 36.4 Å². The maximum Gasteiger partial charge on any atom is 0.330 e. The number of fused-ring (bicyclic) bond motifs is 3. The molecule has 2 bridgehead atoms. The van der Waals surface area contributed by atoms with Gasteiger partial charge in [-0.25, -0.2) is 9.78 Å². The van der Waals surface area contributed by atoms with Crippen LogP contribution in [0.25, 0.3) is 6.08 Å². The van der Waals surface area contributed by atoms with Crippen molar-refractivity contribution in [1.82, 2.24) is 4.98 Å². The number of aliphatic hydroxyl groups is 2. The molecule has 0 aliphatic carbocycles. The molecule has 1 aromatic rings. The van der Waals surface area contributed by atoms with Gasteiger partial charge in [0.2, 0.25) is 0 Å². The average Bonchev–Trinajstić information content (AvgIpc) is 3.46. The third kappa shape index (κ3) is 8.65. The Morgan fingerprint density at radius 1 is 1.19 bits per heavy atom. The highest BCUT2D eigenvalue weighted by Crippen LogP contribution is 2.43. The summed E-state index contributed by atoms with van der Waals surface area (Å²) in [6, 6.07) is 0. The van der Waals surface area contributed by atoms with E-state index < -0.39 is 35.8 Å². The number of aliphatic hydroxyl groups excluding tert-OH is 2. The van der Waals surface area contributed by atoms with Crippen LogP contribution in [-0.4, -0.2) is 63.3 Å². The maximum atomic E-state index is 12.9. The Kier molecular flexibility index (Phi) is 10.6. The molecule has 234 valence electrons. The Bertz CT molecular complexity index is 1300. The van der Waals surface area contributed by atoms with E-state index in [4.69, 9.17) is 18.6 Å². The first-order chi connectivity index (χ1) is 20.4. The number of cyclic esters (lactones) is 1. The molecular formula is C34H45NO8.